The molecule has 0 saturated heterocycles. The Morgan fingerprint density at radius 1 is 1.09 bits per heavy atom. The van der Waals surface area contributed by atoms with E-state index in [9.17, 15) is 25.2 Å². The van der Waals surface area contributed by atoms with Gasteiger partial charge in [0.05, 0.1) is 10.9 Å². The molecule has 2 aromatic carbocycles. The van der Waals surface area contributed by atoms with Crippen LogP contribution in [0.5, 0.6) is 17.2 Å². The average Bonchev–Trinajstić information content (AvgIpc) is 2.47. The fraction of sp³-hybridized carbons (Fsp3) is 0.133. The number of halogens is 2. The number of carboxylic acid groups (broad SMARTS) is 1. The minimum Gasteiger partial charge on any atom is -0.508 e. The smallest absolute Gasteiger partial charge is 0.311 e. The van der Waals surface area contributed by atoms with E-state index in [1.165, 1.54) is 24.3 Å². The Bertz CT molecular complexity index is 730. The largest absolute Gasteiger partial charge is 0.508 e. The number of phenols is 3. The van der Waals surface area contributed by atoms with Crippen molar-refractivity contribution in [2.45, 2.75) is 12.3 Å². The Morgan fingerprint density at radius 3 is 2.36 bits per heavy atom. The van der Waals surface area contributed by atoms with Crippen LogP contribution in [0.3, 0.4) is 0 Å². The lowest BCUT2D eigenvalue weighted by molar-refractivity contribution is -0.138. The summed E-state index contributed by atoms with van der Waals surface area (Å²) in [6.07, 6.45) is -0.107. The van der Waals surface area contributed by atoms with Gasteiger partial charge in [-0.05, 0) is 35.7 Å². The molecule has 22 heavy (non-hydrogen) atoms. The molecule has 7 heteroatoms. The fourth-order valence-electron chi connectivity index (χ4n) is 2.11. The minimum absolute atomic E-state index is 0.0604. The van der Waals surface area contributed by atoms with Crippen molar-refractivity contribution in [1.82, 2.24) is 0 Å². The minimum atomic E-state index is -1.13. The van der Waals surface area contributed by atoms with E-state index in [-0.39, 0.29) is 27.8 Å². The predicted octanol–water partition coefficient (Wildman–Crippen LogP) is 3.52. The van der Waals surface area contributed by atoms with Gasteiger partial charge >= 0.3 is 5.97 Å². The van der Waals surface area contributed by atoms with E-state index in [0.29, 0.717) is 5.56 Å². The predicted molar refractivity (Wildman–Crippen MR) is 82.0 cm³/mol. The van der Waals surface area contributed by atoms with Gasteiger partial charge in [0, 0.05) is 0 Å². The molecule has 0 amide bonds. The van der Waals surface area contributed by atoms with Crippen LogP contribution in [0.2, 0.25) is 10.0 Å². The highest BCUT2D eigenvalue weighted by Gasteiger charge is 2.24. The SMILES string of the molecule is O=C(O)C(Cc1cc(Cl)c(O)c(Cl)c1O)c1cccc(O)c1. The molecule has 0 radical (unpaired) electrons. The second-order valence-electron chi connectivity index (χ2n) is 4.72. The molecule has 0 spiro atoms. The molecule has 5 nitrogen and oxygen atoms in total. The molecule has 1 unspecified atom stereocenters. The van der Waals surface area contributed by atoms with E-state index < -0.39 is 23.4 Å². The van der Waals surface area contributed by atoms with Crippen LogP contribution < -0.4 is 0 Å². The summed E-state index contributed by atoms with van der Waals surface area (Å²) in [6.45, 7) is 0. The molecule has 0 aliphatic heterocycles. The van der Waals surface area contributed by atoms with E-state index in [4.69, 9.17) is 23.2 Å². The van der Waals surface area contributed by atoms with Crippen molar-refractivity contribution in [3.63, 3.8) is 0 Å². The van der Waals surface area contributed by atoms with Crippen molar-refractivity contribution in [2.75, 3.05) is 0 Å². The quantitative estimate of drug-likeness (QED) is 0.681. The number of hydrogen-bond acceptors (Lipinski definition) is 4. The zero-order valence-electron chi connectivity index (χ0n) is 11.1. The summed E-state index contributed by atoms with van der Waals surface area (Å²) in [6, 6.07) is 7.10. The van der Waals surface area contributed by atoms with Crippen LogP contribution in [0.25, 0.3) is 0 Å². The highest BCUT2D eigenvalue weighted by Crippen LogP contribution is 2.42. The first-order valence-corrected chi connectivity index (χ1v) is 6.97. The van der Waals surface area contributed by atoms with Gasteiger partial charge in [-0.25, -0.2) is 0 Å². The maximum atomic E-state index is 11.5. The molecular weight excluding hydrogens is 331 g/mol. The third-order valence-electron chi connectivity index (χ3n) is 3.24. The number of aliphatic carboxylic acids is 1. The standard InChI is InChI=1S/C15H12Cl2O5/c16-11-6-8(13(19)12(17)14(11)20)5-10(15(21)22)7-2-1-3-9(18)4-7/h1-4,6,10,18-20H,5H2,(H,21,22). The lowest BCUT2D eigenvalue weighted by atomic mass is 9.91. The highest BCUT2D eigenvalue weighted by molar-refractivity contribution is 6.38. The maximum Gasteiger partial charge on any atom is 0.311 e. The molecule has 0 aliphatic carbocycles. The fourth-order valence-corrected chi connectivity index (χ4v) is 2.61. The molecule has 0 saturated carbocycles. The number of carboxylic acids is 1. The summed E-state index contributed by atoms with van der Waals surface area (Å²) in [5.74, 6) is -3.10. The number of hydrogen-bond donors (Lipinski definition) is 4. The number of aromatic hydroxyl groups is 3. The molecule has 1 atom stereocenters. The monoisotopic (exact) mass is 342 g/mol. The third-order valence-corrected chi connectivity index (χ3v) is 3.89. The first-order chi connectivity index (χ1) is 10.3. The van der Waals surface area contributed by atoms with Gasteiger partial charge in [0.15, 0.2) is 5.75 Å². The van der Waals surface area contributed by atoms with Crippen LogP contribution in [0, 0.1) is 0 Å². The van der Waals surface area contributed by atoms with Gasteiger partial charge in [0.1, 0.15) is 16.5 Å². The van der Waals surface area contributed by atoms with Crippen LogP contribution in [-0.2, 0) is 11.2 Å². The van der Waals surface area contributed by atoms with Crippen molar-refractivity contribution in [2.24, 2.45) is 0 Å². The third kappa shape index (κ3) is 3.21. The summed E-state index contributed by atoms with van der Waals surface area (Å²) >= 11 is 11.5. The Labute approximate surface area is 136 Å². The topological polar surface area (TPSA) is 98.0 Å². The summed E-state index contributed by atoms with van der Waals surface area (Å²) in [5.41, 5.74) is 0.552. The average molecular weight is 343 g/mol. The number of rotatable bonds is 4. The van der Waals surface area contributed by atoms with E-state index in [1.54, 1.807) is 6.07 Å². The Morgan fingerprint density at radius 2 is 1.77 bits per heavy atom. The molecule has 2 rings (SSSR count). The first-order valence-electron chi connectivity index (χ1n) is 6.21. The van der Waals surface area contributed by atoms with E-state index in [2.05, 4.69) is 0 Å². The molecule has 116 valence electrons. The van der Waals surface area contributed by atoms with Crippen molar-refractivity contribution in [3.05, 3.63) is 51.5 Å². The van der Waals surface area contributed by atoms with Crippen LogP contribution in [0.1, 0.15) is 17.0 Å². The van der Waals surface area contributed by atoms with Gasteiger partial charge in [-0.2, -0.15) is 0 Å². The van der Waals surface area contributed by atoms with Crippen LogP contribution in [0.4, 0.5) is 0 Å². The molecule has 4 N–H and O–H groups in total. The Balaban J connectivity index is 2.44. The zero-order valence-corrected chi connectivity index (χ0v) is 12.6. The highest BCUT2D eigenvalue weighted by atomic mass is 35.5. The van der Waals surface area contributed by atoms with Gasteiger partial charge in [-0.15, -0.1) is 0 Å². The van der Waals surface area contributed by atoms with E-state index >= 15 is 0 Å². The van der Waals surface area contributed by atoms with Crippen molar-refractivity contribution in [3.8, 4) is 17.2 Å². The maximum absolute atomic E-state index is 11.5. The molecule has 0 aliphatic rings. The Hall–Kier alpha value is -2.11. The van der Waals surface area contributed by atoms with Gasteiger partial charge in [0.25, 0.3) is 0 Å². The second-order valence-corrected chi connectivity index (χ2v) is 5.50. The van der Waals surface area contributed by atoms with Gasteiger partial charge in [-0.1, -0.05) is 35.3 Å². The lowest BCUT2D eigenvalue weighted by Crippen LogP contribution is -2.14. The van der Waals surface area contributed by atoms with Gasteiger partial charge < -0.3 is 20.4 Å². The van der Waals surface area contributed by atoms with Crippen molar-refractivity contribution in [1.29, 1.82) is 0 Å². The molecular formula is C15H12Cl2O5. The summed E-state index contributed by atoms with van der Waals surface area (Å²) < 4.78 is 0. The van der Waals surface area contributed by atoms with E-state index in [0.717, 1.165) is 0 Å². The van der Waals surface area contributed by atoms with E-state index in [1.807, 2.05) is 0 Å². The Kier molecular flexibility index (Phi) is 4.68. The van der Waals surface area contributed by atoms with Crippen molar-refractivity contribution < 1.29 is 25.2 Å². The van der Waals surface area contributed by atoms with Crippen LogP contribution >= 0.6 is 23.2 Å². The van der Waals surface area contributed by atoms with Gasteiger partial charge in [-0.3, -0.25) is 4.79 Å². The van der Waals surface area contributed by atoms with Crippen LogP contribution in [0.15, 0.2) is 30.3 Å². The first kappa shape index (κ1) is 16.3. The molecule has 0 fully saturated rings. The zero-order chi connectivity index (χ0) is 16.4. The molecule has 0 heterocycles. The molecule has 0 aromatic heterocycles. The van der Waals surface area contributed by atoms with Gasteiger partial charge in [0.2, 0.25) is 0 Å². The summed E-state index contributed by atoms with van der Waals surface area (Å²) in [4.78, 5) is 11.5. The molecule has 0 bridgehead atoms. The van der Waals surface area contributed by atoms with Crippen LogP contribution in [-0.4, -0.2) is 26.4 Å². The second kappa shape index (κ2) is 6.34. The number of benzene rings is 2. The summed E-state index contributed by atoms with van der Waals surface area (Å²) in [7, 11) is 0. The normalized spacial score (nSPS) is 12.1. The summed E-state index contributed by atoms with van der Waals surface area (Å²) in [5, 5.41) is 37.9. The number of phenolic OH excluding ortho intramolecular Hbond substituents is 3. The van der Waals surface area contributed by atoms with Crippen molar-refractivity contribution >= 4 is 29.2 Å². The number of carbonyl (C=O) groups is 1. The lowest BCUT2D eigenvalue weighted by Gasteiger charge is -2.15. The molecule has 2 aromatic rings.